The van der Waals surface area contributed by atoms with Gasteiger partial charge in [0.25, 0.3) is 0 Å². The van der Waals surface area contributed by atoms with E-state index in [0.29, 0.717) is 6.42 Å². The summed E-state index contributed by atoms with van der Waals surface area (Å²) in [6.07, 6.45) is 4.56. The van der Waals surface area contributed by atoms with Gasteiger partial charge in [-0.15, -0.1) is 0 Å². The van der Waals surface area contributed by atoms with Crippen molar-refractivity contribution in [2.45, 2.75) is 32.6 Å². The first-order chi connectivity index (χ1) is 5.86. The summed E-state index contributed by atoms with van der Waals surface area (Å²) in [4.78, 5) is 10.1. The van der Waals surface area contributed by atoms with Crippen LogP contribution in [-0.2, 0) is 17.6 Å². The zero-order valence-corrected chi connectivity index (χ0v) is 7.38. The Hall–Kier alpha value is -1.05. The van der Waals surface area contributed by atoms with E-state index in [9.17, 15) is 4.79 Å². The molecule has 0 saturated heterocycles. The van der Waals surface area contributed by atoms with Crippen LogP contribution in [0.1, 0.15) is 31.3 Å². The summed E-state index contributed by atoms with van der Waals surface area (Å²) in [7, 11) is 0. The summed E-state index contributed by atoms with van der Waals surface area (Å²) in [5.41, 5.74) is 0. The molecule has 2 heteroatoms. The Balaban J connectivity index is 2.46. The molecule has 0 saturated carbocycles. The van der Waals surface area contributed by atoms with Crippen LogP contribution >= 0.6 is 0 Å². The minimum atomic E-state index is 0.395. The van der Waals surface area contributed by atoms with E-state index >= 15 is 0 Å². The van der Waals surface area contributed by atoms with Crippen LogP contribution in [0.4, 0.5) is 0 Å². The number of furan rings is 1. The molecule has 0 aromatic carbocycles. The summed E-state index contributed by atoms with van der Waals surface area (Å²) >= 11 is 0. The van der Waals surface area contributed by atoms with Crippen molar-refractivity contribution in [3.8, 4) is 0 Å². The van der Waals surface area contributed by atoms with Gasteiger partial charge in [-0.1, -0.05) is 13.3 Å². The van der Waals surface area contributed by atoms with E-state index in [1.165, 1.54) is 6.42 Å². The molecule has 0 N–H and O–H groups in total. The van der Waals surface area contributed by atoms with Crippen molar-refractivity contribution in [3.63, 3.8) is 0 Å². The van der Waals surface area contributed by atoms with Gasteiger partial charge in [-0.25, -0.2) is 0 Å². The number of carbonyl (C=O) groups excluding carboxylic acids is 1. The maximum atomic E-state index is 10.1. The molecule has 0 fully saturated rings. The number of aldehydes is 1. The fraction of sp³-hybridized carbons (Fsp3) is 0.500. The van der Waals surface area contributed by atoms with E-state index in [2.05, 4.69) is 6.92 Å². The van der Waals surface area contributed by atoms with Crippen LogP contribution in [0.3, 0.4) is 0 Å². The molecule has 0 unspecified atom stereocenters. The Bertz CT molecular complexity index is 238. The highest BCUT2D eigenvalue weighted by atomic mass is 16.3. The molecule has 0 radical (unpaired) electrons. The summed E-state index contributed by atoms with van der Waals surface area (Å²) in [6.45, 7) is 2.15. The van der Waals surface area contributed by atoms with Crippen molar-refractivity contribution in [1.29, 1.82) is 0 Å². The zero-order valence-electron chi connectivity index (χ0n) is 7.38. The molecule has 0 aliphatic rings. The van der Waals surface area contributed by atoms with Gasteiger partial charge in [-0.05, 0) is 18.6 Å². The Labute approximate surface area is 72.6 Å². The van der Waals surface area contributed by atoms with E-state index in [4.69, 9.17) is 4.42 Å². The normalized spacial score (nSPS) is 10.1. The van der Waals surface area contributed by atoms with Crippen molar-refractivity contribution >= 4 is 6.29 Å². The average molecular weight is 166 g/mol. The fourth-order valence-electron chi connectivity index (χ4n) is 1.10. The monoisotopic (exact) mass is 166 g/mol. The predicted molar refractivity (Wildman–Crippen MR) is 47.1 cm³/mol. The van der Waals surface area contributed by atoms with Crippen LogP contribution in [0.25, 0.3) is 0 Å². The van der Waals surface area contributed by atoms with Gasteiger partial charge in [0.1, 0.15) is 17.8 Å². The lowest BCUT2D eigenvalue weighted by molar-refractivity contribution is -0.107. The molecule has 12 heavy (non-hydrogen) atoms. The molecular formula is C10H14O2. The molecule has 1 aromatic rings. The van der Waals surface area contributed by atoms with Crippen molar-refractivity contribution in [2.75, 3.05) is 0 Å². The van der Waals surface area contributed by atoms with Crippen LogP contribution in [0.2, 0.25) is 0 Å². The predicted octanol–water partition coefficient (Wildman–Crippen LogP) is 2.36. The molecule has 0 atom stereocenters. The minimum absolute atomic E-state index is 0.395. The van der Waals surface area contributed by atoms with Crippen molar-refractivity contribution in [1.82, 2.24) is 0 Å². The Morgan fingerprint density at radius 2 is 2.17 bits per heavy atom. The van der Waals surface area contributed by atoms with E-state index in [1.807, 2.05) is 12.1 Å². The van der Waals surface area contributed by atoms with Crippen LogP contribution in [0.5, 0.6) is 0 Å². The molecule has 1 heterocycles. The van der Waals surface area contributed by atoms with E-state index in [0.717, 1.165) is 30.6 Å². The fourth-order valence-corrected chi connectivity index (χ4v) is 1.10. The third kappa shape index (κ3) is 2.53. The van der Waals surface area contributed by atoms with Gasteiger partial charge in [0, 0.05) is 6.42 Å². The van der Waals surface area contributed by atoms with Crippen LogP contribution in [0, 0.1) is 0 Å². The van der Waals surface area contributed by atoms with Crippen molar-refractivity contribution in [2.24, 2.45) is 0 Å². The topological polar surface area (TPSA) is 30.2 Å². The van der Waals surface area contributed by atoms with Crippen LogP contribution in [0.15, 0.2) is 16.5 Å². The van der Waals surface area contributed by atoms with E-state index < -0.39 is 0 Å². The SMILES string of the molecule is CCCCc1ccc(CC=O)o1. The van der Waals surface area contributed by atoms with Gasteiger partial charge >= 0.3 is 0 Å². The molecule has 0 aliphatic heterocycles. The lowest BCUT2D eigenvalue weighted by Crippen LogP contribution is -1.81. The zero-order chi connectivity index (χ0) is 8.81. The molecule has 1 rings (SSSR count). The van der Waals surface area contributed by atoms with E-state index in [-0.39, 0.29) is 0 Å². The smallest absolute Gasteiger partial charge is 0.127 e. The third-order valence-electron chi connectivity index (χ3n) is 1.78. The van der Waals surface area contributed by atoms with Gasteiger partial charge < -0.3 is 9.21 Å². The lowest BCUT2D eigenvalue weighted by atomic mass is 10.2. The number of hydrogen-bond acceptors (Lipinski definition) is 2. The highest BCUT2D eigenvalue weighted by Gasteiger charge is 1.99. The molecule has 2 nitrogen and oxygen atoms in total. The maximum Gasteiger partial charge on any atom is 0.127 e. The number of aryl methyl sites for hydroxylation is 1. The number of unbranched alkanes of at least 4 members (excludes halogenated alkanes) is 1. The number of carbonyl (C=O) groups is 1. The Kier molecular flexibility index (Phi) is 3.58. The summed E-state index contributed by atoms with van der Waals surface area (Å²) in [5, 5.41) is 0. The second kappa shape index (κ2) is 4.75. The first-order valence-electron chi connectivity index (χ1n) is 4.38. The Morgan fingerprint density at radius 1 is 1.42 bits per heavy atom. The van der Waals surface area contributed by atoms with Crippen molar-refractivity contribution < 1.29 is 9.21 Å². The summed E-state index contributed by atoms with van der Waals surface area (Å²) < 4.78 is 5.39. The number of hydrogen-bond donors (Lipinski definition) is 0. The van der Waals surface area contributed by atoms with Gasteiger partial charge in [0.2, 0.25) is 0 Å². The van der Waals surface area contributed by atoms with Crippen LogP contribution < -0.4 is 0 Å². The minimum Gasteiger partial charge on any atom is -0.466 e. The van der Waals surface area contributed by atoms with Crippen molar-refractivity contribution in [3.05, 3.63) is 23.7 Å². The maximum absolute atomic E-state index is 10.1. The molecule has 1 aromatic heterocycles. The first-order valence-corrected chi connectivity index (χ1v) is 4.38. The third-order valence-corrected chi connectivity index (χ3v) is 1.78. The molecule has 0 spiro atoms. The Morgan fingerprint density at radius 3 is 2.83 bits per heavy atom. The second-order valence-electron chi connectivity index (χ2n) is 2.84. The molecule has 0 amide bonds. The van der Waals surface area contributed by atoms with Gasteiger partial charge in [0.05, 0.1) is 6.42 Å². The second-order valence-corrected chi connectivity index (χ2v) is 2.84. The first kappa shape index (κ1) is 9.04. The summed E-state index contributed by atoms with van der Waals surface area (Å²) in [6, 6.07) is 3.83. The van der Waals surface area contributed by atoms with Crippen LogP contribution in [-0.4, -0.2) is 6.29 Å². The number of rotatable bonds is 5. The van der Waals surface area contributed by atoms with E-state index in [1.54, 1.807) is 0 Å². The highest BCUT2D eigenvalue weighted by Crippen LogP contribution is 2.10. The van der Waals surface area contributed by atoms with Gasteiger partial charge in [-0.2, -0.15) is 0 Å². The van der Waals surface area contributed by atoms with Gasteiger partial charge in [0.15, 0.2) is 0 Å². The lowest BCUT2D eigenvalue weighted by Gasteiger charge is -1.92. The summed E-state index contributed by atoms with van der Waals surface area (Å²) in [5.74, 6) is 1.77. The molecule has 0 bridgehead atoms. The molecular weight excluding hydrogens is 152 g/mol. The quantitative estimate of drug-likeness (QED) is 0.628. The van der Waals surface area contributed by atoms with Gasteiger partial charge in [-0.3, -0.25) is 0 Å². The highest BCUT2D eigenvalue weighted by molar-refractivity contribution is 5.53. The molecule has 0 aliphatic carbocycles. The average Bonchev–Trinajstić information content (AvgIpc) is 2.50. The largest absolute Gasteiger partial charge is 0.466 e. The standard InChI is InChI=1S/C10H14O2/c1-2-3-4-9-5-6-10(12-9)7-8-11/h5-6,8H,2-4,7H2,1H3. The molecule has 66 valence electrons.